The summed E-state index contributed by atoms with van der Waals surface area (Å²) >= 11 is 7.67. The number of rotatable bonds is 7. The maximum absolute atomic E-state index is 12.2. The third kappa shape index (κ3) is 4.82. The normalized spacial score (nSPS) is 10.3. The summed E-state index contributed by atoms with van der Waals surface area (Å²) < 4.78 is 10.5. The fourth-order valence-electron chi connectivity index (χ4n) is 2.14. The Kier molecular flexibility index (Phi) is 6.82. The Bertz CT molecular complexity index is 721. The summed E-state index contributed by atoms with van der Waals surface area (Å²) in [5.74, 6) is 1.83. The molecule has 0 saturated carbocycles. The molecule has 0 fully saturated rings. The molecule has 2 aromatic rings. The second-order valence-electron chi connectivity index (χ2n) is 5.10. The molecular formula is C18H20ClNO3S. The van der Waals surface area contributed by atoms with Crippen LogP contribution in [0.1, 0.15) is 12.0 Å². The second-order valence-corrected chi connectivity index (χ2v) is 6.64. The Morgan fingerprint density at radius 2 is 1.83 bits per heavy atom. The second kappa shape index (κ2) is 8.85. The van der Waals surface area contributed by atoms with E-state index >= 15 is 0 Å². The summed E-state index contributed by atoms with van der Waals surface area (Å²) in [7, 11) is 3.15. The van der Waals surface area contributed by atoms with E-state index in [0.29, 0.717) is 28.7 Å². The van der Waals surface area contributed by atoms with E-state index in [1.54, 1.807) is 32.0 Å². The number of thioether (sulfide) groups is 1. The number of nitrogens with one attached hydrogen (secondary N) is 1. The van der Waals surface area contributed by atoms with Crippen LogP contribution in [0.15, 0.2) is 41.3 Å². The van der Waals surface area contributed by atoms with Crippen LogP contribution in [0.25, 0.3) is 0 Å². The number of methoxy groups -OCH3 is 2. The lowest BCUT2D eigenvalue weighted by atomic mass is 10.1. The van der Waals surface area contributed by atoms with Crippen LogP contribution < -0.4 is 14.8 Å². The first-order valence-electron chi connectivity index (χ1n) is 7.45. The first kappa shape index (κ1) is 18.5. The third-order valence-corrected chi connectivity index (χ3v) is 4.94. The van der Waals surface area contributed by atoms with Crippen molar-refractivity contribution in [1.82, 2.24) is 0 Å². The summed E-state index contributed by atoms with van der Waals surface area (Å²) in [5.41, 5.74) is 1.64. The van der Waals surface area contributed by atoms with Gasteiger partial charge in [-0.05, 0) is 30.7 Å². The smallest absolute Gasteiger partial charge is 0.225 e. The van der Waals surface area contributed by atoms with Crippen LogP contribution in [-0.4, -0.2) is 25.9 Å². The highest BCUT2D eigenvalue weighted by Gasteiger charge is 2.11. The van der Waals surface area contributed by atoms with E-state index in [9.17, 15) is 4.79 Å². The van der Waals surface area contributed by atoms with Gasteiger partial charge in [-0.3, -0.25) is 4.79 Å². The van der Waals surface area contributed by atoms with Crippen molar-refractivity contribution in [1.29, 1.82) is 0 Å². The van der Waals surface area contributed by atoms with Crippen LogP contribution in [0.4, 0.5) is 5.69 Å². The molecule has 128 valence electrons. The van der Waals surface area contributed by atoms with Gasteiger partial charge < -0.3 is 14.8 Å². The molecule has 2 rings (SSSR count). The number of aryl methyl sites for hydroxylation is 1. The largest absolute Gasteiger partial charge is 0.493 e. The van der Waals surface area contributed by atoms with Crippen molar-refractivity contribution >= 4 is 35.0 Å². The molecule has 0 unspecified atom stereocenters. The fraction of sp³-hybridized carbons (Fsp3) is 0.278. The number of carbonyl (C=O) groups excluding carboxylic acids is 1. The van der Waals surface area contributed by atoms with Crippen LogP contribution in [0.2, 0.25) is 5.02 Å². The van der Waals surface area contributed by atoms with Crippen LogP contribution in [-0.2, 0) is 4.79 Å². The Morgan fingerprint density at radius 1 is 1.17 bits per heavy atom. The first-order valence-corrected chi connectivity index (χ1v) is 8.81. The van der Waals surface area contributed by atoms with Gasteiger partial charge in [0, 0.05) is 28.8 Å². The molecule has 6 heteroatoms. The van der Waals surface area contributed by atoms with Gasteiger partial charge in [-0.25, -0.2) is 0 Å². The predicted molar refractivity (Wildman–Crippen MR) is 99.7 cm³/mol. The number of hydrogen-bond acceptors (Lipinski definition) is 4. The zero-order valence-corrected chi connectivity index (χ0v) is 15.5. The molecular weight excluding hydrogens is 346 g/mol. The number of hydrogen-bond donors (Lipinski definition) is 1. The van der Waals surface area contributed by atoms with Crippen molar-refractivity contribution in [2.75, 3.05) is 25.3 Å². The molecule has 0 aliphatic rings. The molecule has 4 nitrogen and oxygen atoms in total. The van der Waals surface area contributed by atoms with Gasteiger partial charge >= 0.3 is 0 Å². The lowest BCUT2D eigenvalue weighted by Crippen LogP contribution is -2.13. The van der Waals surface area contributed by atoms with E-state index in [2.05, 4.69) is 5.32 Å². The maximum Gasteiger partial charge on any atom is 0.225 e. The molecule has 2 aromatic carbocycles. The van der Waals surface area contributed by atoms with Crippen molar-refractivity contribution in [2.24, 2.45) is 0 Å². The molecule has 1 amide bonds. The minimum absolute atomic E-state index is 0.0510. The minimum atomic E-state index is -0.0510. The lowest BCUT2D eigenvalue weighted by molar-refractivity contribution is -0.115. The molecule has 0 saturated heterocycles. The van der Waals surface area contributed by atoms with Gasteiger partial charge in [-0.15, -0.1) is 11.8 Å². The maximum atomic E-state index is 12.2. The van der Waals surface area contributed by atoms with Gasteiger partial charge in [0.05, 0.1) is 19.2 Å². The number of halogens is 1. The highest BCUT2D eigenvalue weighted by molar-refractivity contribution is 7.99. The van der Waals surface area contributed by atoms with Crippen molar-refractivity contribution < 1.29 is 14.3 Å². The SMILES string of the molecule is COc1cc(C)c(NC(=O)CCSc2ccccc2Cl)cc1OC. The number of benzene rings is 2. The zero-order valence-electron chi connectivity index (χ0n) is 13.9. The van der Waals surface area contributed by atoms with Gasteiger partial charge in [-0.1, -0.05) is 23.7 Å². The zero-order chi connectivity index (χ0) is 17.5. The number of carbonyl (C=O) groups is 1. The molecule has 24 heavy (non-hydrogen) atoms. The molecule has 0 spiro atoms. The number of amides is 1. The Hall–Kier alpha value is -1.85. The average Bonchev–Trinajstić information content (AvgIpc) is 2.58. The summed E-state index contributed by atoms with van der Waals surface area (Å²) in [6.07, 6.45) is 0.393. The van der Waals surface area contributed by atoms with Crippen molar-refractivity contribution in [3.63, 3.8) is 0 Å². The summed E-state index contributed by atoms with van der Waals surface area (Å²) in [6, 6.07) is 11.2. The van der Waals surface area contributed by atoms with Crippen molar-refractivity contribution in [2.45, 2.75) is 18.2 Å². The monoisotopic (exact) mass is 365 g/mol. The van der Waals surface area contributed by atoms with Crippen LogP contribution >= 0.6 is 23.4 Å². The topological polar surface area (TPSA) is 47.6 Å². The molecule has 0 bridgehead atoms. The molecule has 0 aliphatic heterocycles. The van der Waals surface area contributed by atoms with E-state index in [4.69, 9.17) is 21.1 Å². The van der Waals surface area contributed by atoms with E-state index in [-0.39, 0.29) is 5.91 Å². The van der Waals surface area contributed by atoms with Crippen LogP contribution in [0.5, 0.6) is 11.5 Å². The van der Waals surface area contributed by atoms with Gasteiger partial charge in [-0.2, -0.15) is 0 Å². The van der Waals surface area contributed by atoms with Crippen LogP contribution in [0, 0.1) is 6.92 Å². The van der Waals surface area contributed by atoms with Gasteiger partial charge in [0.2, 0.25) is 5.91 Å². The molecule has 0 atom stereocenters. The Morgan fingerprint density at radius 3 is 2.50 bits per heavy atom. The number of anilines is 1. The van der Waals surface area contributed by atoms with E-state index in [1.807, 2.05) is 37.3 Å². The first-order chi connectivity index (χ1) is 11.5. The van der Waals surface area contributed by atoms with Crippen LogP contribution in [0.3, 0.4) is 0 Å². The highest BCUT2D eigenvalue weighted by Crippen LogP contribution is 2.33. The Balaban J connectivity index is 1.94. The third-order valence-electron chi connectivity index (χ3n) is 3.43. The Labute approximate surface area is 151 Å². The molecule has 0 aliphatic carbocycles. The fourth-order valence-corrected chi connectivity index (χ4v) is 3.33. The minimum Gasteiger partial charge on any atom is -0.493 e. The van der Waals surface area contributed by atoms with Gasteiger partial charge in [0.25, 0.3) is 0 Å². The molecule has 0 radical (unpaired) electrons. The van der Waals surface area contributed by atoms with Crippen molar-refractivity contribution in [3.05, 3.63) is 47.0 Å². The summed E-state index contributed by atoms with van der Waals surface area (Å²) in [6.45, 7) is 1.91. The van der Waals surface area contributed by atoms with E-state index < -0.39 is 0 Å². The van der Waals surface area contributed by atoms with E-state index in [1.165, 1.54) is 0 Å². The molecule has 0 aromatic heterocycles. The molecule has 1 N–H and O–H groups in total. The highest BCUT2D eigenvalue weighted by atomic mass is 35.5. The van der Waals surface area contributed by atoms with Gasteiger partial charge in [0.15, 0.2) is 11.5 Å². The average molecular weight is 366 g/mol. The predicted octanol–water partition coefficient (Wildman–Crippen LogP) is 4.79. The molecule has 0 heterocycles. The summed E-state index contributed by atoms with van der Waals surface area (Å²) in [4.78, 5) is 13.1. The lowest BCUT2D eigenvalue weighted by Gasteiger charge is -2.13. The van der Waals surface area contributed by atoms with Gasteiger partial charge in [0.1, 0.15) is 0 Å². The number of ether oxygens (including phenoxy) is 2. The summed E-state index contributed by atoms with van der Waals surface area (Å²) in [5, 5.41) is 3.62. The van der Waals surface area contributed by atoms with E-state index in [0.717, 1.165) is 16.1 Å². The quantitative estimate of drug-likeness (QED) is 0.717. The van der Waals surface area contributed by atoms with Crippen molar-refractivity contribution in [3.8, 4) is 11.5 Å². The standard InChI is InChI=1S/C18H20ClNO3S/c1-12-10-15(22-2)16(23-3)11-14(12)20-18(21)8-9-24-17-7-5-4-6-13(17)19/h4-7,10-11H,8-9H2,1-3H3,(H,20,21).